The molecular weight excluding hydrogens is 425 g/mol. The highest BCUT2D eigenvalue weighted by atomic mass is 19.1. The zero-order valence-electron chi connectivity index (χ0n) is 17.9. The van der Waals surface area contributed by atoms with Crippen molar-refractivity contribution in [1.29, 1.82) is 0 Å². The van der Waals surface area contributed by atoms with E-state index in [-0.39, 0.29) is 39.4 Å². The van der Waals surface area contributed by atoms with Gasteiger partial charge in [0.15, 0.2) is 5.82 Å². The molecule has 1 aromatic carbocycles. The van der Waals surface area contributed by atoms with Crippen molar-refractivity contribution in [3.05, 3.63) is 63.1 Å². The largest absolute Gasteiger partial charge is 0.463 e. The van der Waals surface area contributed by atoms with Gasteiger partial charge >= 0.3 is 0 Å². The molecule has 2 aliphatic heterocycles. The lowest BCUT2D eigenvalue weighted by Gasteiger charge is -2.31. The van der Waals surface area contributed by atoms with Crippen molar-refractivity contribution in [2.24, 2.45) is 0 Å². The summed E-state index contributed by atoms with van der Waals surface area (Å²) in [6, 6.07) is 8.59. The van der Waals surface area contributed by atoms with Gasteiger partial charge in [0, 0.05) is 17.6 Å². The van der Waals surface area contributed by atoms with Crippen molar-refractivity contribution in [3.8, 4) is 17.4 Å². The first-order valence-corrected chi connectivity index (χ1v) is 11.1. The first kappa shape index (κ1) is 20.0. The van der Waals surface area contributed by atoms with Crippen molar-refractivity contribution >= 4 is 21.7 Å². The highest BCUT2D eigenvalue weighted by molar-refractivity contribution is 5.95. The highest BCUT2D eigenvalue weighted by Crippen LogP contribution is 2.39. The Bertz CT molecular complexity index is 1500. The van der Waals surface area contributed by atoms with E-state index in [1.807, 2.05) is 0 Å². The predicted octanol–water partition coefficient (Wildman–Crippen LogP) is 2.97. The lowest BCUT2D eigenvalue weighted by atomic mass is 9.95. The Morgan fingerprint density at radius 1 is 1.09 bits per heavy atom. The molecule has 2 saturated heterocycles. The molecule has 0 radical (unpaired) electrons. The Labute approximate surface area is 187 Å². The Kier molecular flexibility index (Phi) is 4.55. The van der Waals surface area contributed by atoms with Crippen LogP contribution in [0.25, 0.3) is 33.1 Å². The second-order valence-electron chi connectivity index (χ2n) is 8.86. The zero-order chi connectivity index (χ0) is 22.6. The van der Waals surface area contributed by atoms with Crippen LogP contribution in [-0.4, -0.2) is 50.1 Å². The molecule has 6 rings (SSSR count). The third-order valence-corrected chi connectivity index (χ3v) is 6.96. The minimum Gasteiger partial charge on any atom is -0.463 e. The Morgan fingerprint density at radius 2 is 1.88 bits per heavy atom. The van der Waals surface area contributed by atoms with Gasteiger partial charge in [0.25, 0.3) is 11.6 Å². The van der Waals surface area contributed by atoms with Gasteiger partial charge in [0.2, 0.25) is 5.56 Å². The molecule has 5 heterocycles. The lowest BCUT2D eigenvalue weighted by Crippen LogP contribution is -2.43. The van der Waals surface area contributed by atoms with Crippen LogP contribution in [0.15, 0.2) is 46.1 Å². The fourth-order valence-electron chi connectivity index (χ4n) is 5.36. The number of pyridine rings is 2. The highest BCUT2D eigenvalue weighted by Gasteiger charge is 2.45. The third kappa shape index (κ3) is 3.22. The van der Waals surface area contributed by atoms with Crippen LogP contribution in [0.3, 0.4) is 0 Å². The van der Waals surface area contributed by atoms with Gasteiger partial charge in [0.05, 0.1) is 16.6 Å². The summed E-state index contributed by atoms with van der Waals surface area (Å²) in [4.78, 5) is 41.0. The van der Waals surface area contributed by atoms with E-state index in [1.54, 1.807) is 24.3 Å². The minimum absolute atomic E-state index is 0.0110. The maximum absolute atomic E-state index is 15.7. The molecule has 0 aliphatic carbocycles. The molecule has 168 valence electrons. The van der Waals surface area contributed by atoms with E-state index in [9.17, 15) is 9.59 Å². The molecule has 3 aromatic heterocycles. The zero-order valence-corrected chi connectivity index (χ0v) is 17.9. The molecule has 0 amide bonds. The summed E-state index contributed by atoms with van der Waals surface area (Å²) >= 11 is 0. The number of halogens is 1. The lowest BCUT2D eigenvalue weighted by molar-refractivity contribution is 0.107. The number of ether oxygens (including phenoxy) is 1. The molecule has 4 aromatic rings. The van der Waals surface area contributed by atoms with E-state index in [4.69, 9.17) is 4.74 Å². The number of aromatic amines is 2. The molecular formula is C24H22FN5O3. The standard InChI is InChI=1S/C24H22FN5O3/c25-18-19-16(12-26-21(18)20-15-6-2-1-5-14(15)11-17(31)27-20)22(32)29-23(28-19)33-13-24-7-3-9-30(24)10-4-8-24/h1-2,5-6,11-12H,3-4,7-10,13H2,(H,27,31)(H,28,29,32). The van der Waals surface area contributed by atoms with E-state index < -0.39 is 11.4 Å². The van der Waals surface area contributed by atoms with Gasteiger partial charge in [-0.3, -0.25) is 24.5 Å². The summed E-state index contributed by atoms with van der Waals surface area (Å²) in [6.45, 7) is 2.51. The number of benzene rings is 1. The summed E-state index contributed by atoms with van der Waals surface area (Å²) in [6.07, 6.45) is 5.61. The smallest absolute Gasteiger partial charge is 0.297 e. The number of hydrogen-bond donors (Lipinski definition) is 2. The van der Waals surface area contributed by atoms with Gasteiger partial charge in [-0.2, -0.15) is 4.98 Å². The number of rotatable bonds is 4. The van der Waals surface area contributed by atoms with Gasteiger partial charge in [-0.25, -0.2) is 4.39 Å². The number of nitrogens with zero attached hydrogens (tertiary/aromatic N) is 3. The number of aromatic nitrogens is 4. The van der Waals surface area contributed by atoms with E-state index in [0.29, 0.717) is 17.4 Å². The molecule has 33 heavy (non-hydrogen) atoms. The monoisotopic (exact) mass is 447 g/mol. The van der Waals surface area contributed by atoms with Crippen LogP contribution in [-0.2, 0) is 0 Å². The first-order chi connectivity index (χ1) is 16.0. The van der Waals surface area contributed by atoms with Crippen LogP contribution >= 0.6 is 0 Å². The normalized spacial score (nSPS) is 17.6. The number of fused-ring (bicyclic) bond motifs is 3. The fraction of sp³-hybridized carbons (Fsp3) is 0.333. The quantitative estimate of drug-likeness (QED) is 0.499. The number of H-pyrrole nitrogens is 2. The van der Waals surface area contributed by atoms with E-state index in [2.05, 4.69) is 24.8 Å². The molecule has 0 atom stereocenters. The Morgan fingerprint density at radius 3 is 2.70 bits per heavy atom. The van der Waals surface area contributed by atoms with Gasteiger partial charge in [-0.05, 0) is 44.2 Å². The number of hydrogen-bond acceptors (Lipinski definition) is 6. The maximum atomic E-state index is 15.7. The fourth-order valence-corrected chi connectivity index (χ4v) is 5.36. The number of nitrogens with one attached hydrogen (secondary N) is 2. The average Bonchev–Trinajstić information content (AvgIpc) is 3.38. The van der Waals surface area contributed by atoms with Crippen LogP contribution in [0, 0.1) is 5.82 Å². The average molecular weight is 447 g/mol. The topological polar surface area (TPSA) is 104 Å². The summed E-state index contributed by atoms with van der Waals surface area (Å²) in [5.74, 6) is -0.781. The second kappa shape index (κ2) is 7.48. The molecule has 0 bridgehead atoms. The van der Waals surface area contributed by atoms with Crippen molar-refractivity contribution in [1.82, 2.24) is 24.8 Å². The molecule has 8 nitrogen and oxygen atoms in total. The van der Waals surface area contributed by atoms with Crippen molar-refractivity contribution in [3.63, 3.8) is 0 Å². The van der Waals surface area contributed by atoms with E-state index in [0.717, 1.165) is 38.8 Å². The molecule has 2 fully saturated rings. The molecule has 0 spiro atoms. The van der Waals surface area contributed by atoms with Gasteiger partial charge in [0.1, 0.15) is 17.8 Å². The van der Waals surface area contributed by atoms with Crippen LogP contribution in [0.4, 0.5) is 4.39 Å². The van der Waals surface area contributed by atoms with E-state index >= 15 is 4.39 Å². The van der Waals surface area contributed by atoms with Gasteiger partial charge in [-0.15, -0.1) is 0 Å². The minimum atomic E-state index is -0.781. The molecule has 0 saturated carbocycles. The van der Waals surface area contributed by atoms with Crippen molar-refractivity contribution < 1.29 is 9.13 Å². The molecule has 2 N–H and O–H groups in total. The van der Waals surface area contributed by atoms with Crippen LogP contribution in [0.2, 0.25) is 0 Å². The summed E-state index contributed by atoms with van der Waals surface area (Å²) in [7, 11) is 0. The van der Waals surface area contributed by atoms with Crippen molar-refractivity contribution in [2.75, 3.05) is 19.7 Å². The molecule has 9 heteroatoms. The van der Waals surface area contributed by atoms with Crippen LogP contribution < -0.4 is 15.9 Å². The summed E-state index contributed by atoms with van der Waals surface area (Å²) < 4.78 is 21.6. The van der Waals surface area contributed by atoms with E-state index in [1.165, 1.54) is 12.3 Å². The molecule has 0 unspecified atom stereocenters. The van der Waals surface area contributed by atoms with Gasteiger partial charge < -0.3 is 9.72 Å². The molecule has 2 aliphatic rings. The summed E-state index contributed by atoms with van der Waals surface area (Å²) in [5.41, 5.74) is -0.890. The van der Waals surface area contributed by atoms with Crippen LogP contribution in [0.1, 0.15) is 25.7 Å². The SMILES string of the molecule is O=c1cc2ccccc2c(-c2ncc3c(=O)[nH]c(OCC45CCCN4CCC5)nc3c2F)[nH]1. The second-order valence-corrected chi connectivity index (χ2v) is 8.86. The Hall–Kier alpha value is -3.59. The van der Waals surface area contributed by atoms with Gasteiger partial charge in [-0.1, -0.05) is 24.3 Å². The first-order valence-electron chi connectivity index (χ1n) is 11.1. The van der Waals surface area contributed by atoms with Crippen LogP contribution in [0.5, 0.6) is 6.01 Å². The van der Waals surface area contributed by atoms with Crippen molar-refractivity contribution in [2.45, 2.75) is 31.2 Å². The Balaban J connectivity index is 1.43. The third-order valence-electron chi connectivity index (χ3n) is 6.96. The predicted molar refractivity (Wildman–Crippen MR) is 122 cm³/mol. The summed E-state index contributed by atoms with van der Waals surface area (Å²) in [5, 5.41) is 1.33. The maximum Gasteiger partial charge on any atom is 0.297 e.